The average Bonchev–Trinajstić information content (AvgIpc) is 3.01. The monoisotopic (exact) mass is 620 g/mol. The van der Waals surface area contributed by atoms with Crippen LogP contribution in [0.3, 0.4) is 0 Å². The molecule has 3 aromatic carbocycles. The molecular formula is C36H44O9. The van der Waals surface area contributed by atoms with Gasteiger partial charge in [-0.1, -0.05) is 64.1 Å². The van der Waals surface area contributed by atoms with Gasteiger partial charge in [-0.25, -0.2) is 4.79 Å². The number of benzene rings is 3. The molecule has 1 aliphatic carbocycles. The van der Waals surface area contributed by atoms with Crippen molar-refractivity contribution in [2.75, 3.05) is 40.8 Å². The quantitative estimate of drug-likeness (QED) is 0.113. The van der Waals surface area contributed by atoms with Gasteiger partial charge in [0.25, 0.3) is 0 Å². The topological polar surface area (TPSA) is 110 Å². The van der Waals surface area contributed by atoms with Crippen molar-refractivity contribution < 1.29 is 43.1 Å². The Kier molecular flexibility index (Phi) is 11.1. The third-order valence-electron chi connectivity index (χ3n) is 8.36. The van der Waals surface area contributed by atoms with Crippen LogP contribution in [0.5, 0.6) is 17.2 Å². The van der Waals surface area contributed by atoms with Crippen molar-refractivity contribution in [3.05, 3.63) is 88.5 Å². The van der Waals surface area contributed by atoms with Gasteiger partial charge in [0.05, 0.1) is 26.7 Å². The third kappa shape index (κ3) is 8.55. The molecule has 0 spiro atoms. The summed E-state index contributed by atoms with van der Waals surface area (Å²) in [6.07, 6.45) is 1.41. The zero-order valence-electron chi connectivity index (χ0n) is 27.0. The summed E-state index contributed by atoms with van der Waals surface area (Å²) < 4.78 is 33.6. The first-order valence-corrected chi connectivity index (χ1v) is 15.1. The van der Waals surface area contributed by atoms with Gasteiger partial charge in [-0.3, -0.25) is 4.79 Å². The van der Waals surface area contributed by atoms with Gasteiger partial charge >= 0.3 is 11.9 Å². The van der Waals surface area contributed by atoms with Crippen LogP contribution < -0.4 is 14.2 Å². The lowest BCUT2D eigenvalue weighted by Gasteiger charge is -2.42. The van der Waals surface area contributed by atoms with E-state index < -0.39 is 18.0 Å². The molecule has 0 saturated carbocycles. The highest BCUT2D eigenvalue weighted by molar-refractivity contribution is 5.91. The Hall–Kier alpha value is -4.08. The van der Waals surface area contributed by atoms with Gasteiger partial charge < -0.3 is 33.5 Å². The first-order chi connectivity index (χ1) is 21.4. The van der Waals surface area contributed by atoms with Crippen molar-refractivity contribution in [2.45, 2.75) is 63.9 Å². The summed E-state index contributed by atoms with van der Waals surface area (Å²) in [6.45, 7) is 9.53. The SMILES string of the molecule is COCCOCOc1cc(OC[C@H](OC(=O)Cc2ccccc2OC)c2ccc3c(c2)C(C)(C)CCC3(C)C)ccc1C(=O)O. The molecule has 0 saturated heterocycles. The first kappa shape index (κ1) is 33.8. The smallest absolute Gasteiger partial charge is 0.339 e. The highest BCUT2D eigenvalue weighted by atomic mass is 16.7. The number of fused-ring (bicyclic) bond motifs is 1. The number of rotatable bonds is 15. The van der Waals surface area contributed by atoms with Gasteiger partial charge in [0, 0.05) is 18.7 Å². The maximum atomic E-state index is 13.3. The summed E-state index contributed by atoms with van der Waals surface area (Å²) >= 11 is 0. The number of esters is 1. The fourth-order valence-electron chi connectivity index (χ4n) is 5.58. The molecule has 1 N–H and O–H groups in total. The lowest BCUT2D eigenvalue weighted by Crippen LogP contribution is -2.34. The summed E-state index contributed by atoms with van der Waals surface area (Å²) in [5, 5.41) is 9.65. The van der Waals surface area contributed by atoms with Gasteiger partial charge in [-0.2, -0.15) is 0 Å². The highest BCUT2D eigenvalue weighted by Gasteiger charge is 2.37. The molecule has 0 heterocycles. The lowest BCUT2D eigenvalue weighted by atomic mass is 9.63. The molecule has 9 nitrogen and oxygen atoms in total. The molecule has 3 aromatic rings. The number of hydrogen-bond donors (Lipinski definition) is 1. The first-order valence-electron chi connectivity index (χ1n) is 15.1. The molecule has 45 heavy (non-hydrogen) atoms. The predicted octanol–water partition coefficient (Wildman–Crippen LogP) is 6.65. The Morgan fingerprint density at radius 3 is 2.29 bits per heavy atom. The molecule has 0 unspecified atom stereocenters. The third-order valence-corrected chi connectivity index (χ3v) is 8.36. The van der Waals surface area contributed by atoms with E-state index in [1.807, 2.05) is 24.3 Å². The van der Waals surface area contributed by atoms with E-state index >= 15 is 0 Å². The molecule has 0 aromatic heterocycles. The van der Waals surface area contributed by atoms with Crippen LogP contribution in [-0.4, -0.2) is 57.9 Å². The van der Waals surface area contributed by atoms with E-state index in [-0.39, 0.29) is 42.0 Å². The van der Waals surface area contributed by atoms with Gasteiger partial charge in [0.2, 0.25) is 0 Å². The number of methoxy groups -OCH3 is 2. The van der Waals surface area contributed by atoms with E-state index in [1.165, 1.54) is 23.3 Å². The fourth-order valence-corrected chi connectivity index (χ4v) is 5.58. The standard InChI is InChI=1S/C36H44O9/c1-35(2)15-16-36(3,4)29-19-25(11-14-28(29)35)32(45-33(37)20-24-9-7-8-10-30(24)41-6)22-43-26-12-13-27(34(38)39)31(21-26)44-23-42-18-17-40-5/h7-14,19,21,32H,15-18,20,22-23H2,1-6H3,(H,38,39)/t32-/m0/s1. The number of carbonyl (C=O) groups is 2. The van der Waals surface area contributed by atoms with E-state index in [1.54, 1.807) is 26.4 Å². The van der Waals surface area contributed by atoms with E-state index in [4.69, 9.17) is 28.4 Å². The van der Waals surface area contributed by atoms with Crippen LogP contribution in [0.4, 0.5) is 0 Å². The number of aromatic carboxylic acids is 1. The Balaban J connectivity index is 1.60. The molecule has 0 bridgehead atoms. The van der Waals surface area contributed by atoms with Crippen molar-refractivity contribution >= 4 is 11.9 Å². The number of hydrogen-bond acceptors (Lipinski definition) is 8. The van der Waals surface area contributed by atoms with Crippen LogP contribution in [0, 0.1) is 0 Å². The van der Waals surface area contributed by atoms with Crippen LogP contribution in [0.1, 0.15) is 79.3 Å². The number of ether oxygens (including phenoxy) is 6. The van der Waals surface area contributed by atoms with Gasteiger partial charge in [0.15, 0.2) is 12.9 Å². The van der Waals surface area contributed by atoms with Crippen LogP contribution in [-0.2, 0) is 36.3 Å². The van der Waals surface area contributed by atoms with E-state index in [0.717, 1.165) is 24.0 Å². The van der Waals surface area contributed by atoms with Crippen LogP contribution in [0.25, 0.3) is 0 Å². The number of carboxylic acid groups (broad SMARTS) is 1. The van der Waals surface area contributed by atoms with Crippen molar-refractivity contribution in [2.24, 2.45) is 0 Å². The molecule has 1 atom stereocenters. The molecule has 0 radical (unpaired) electrons. The molecule has 0 fully saturated rings. The molecule has 4 rings (SSSR count). The van der Waals surface area contributed by atoms with E-state index in [9.17, 15) is 14.7 Å². The van der Waals surface area contributed by atoms with Crippen LogP contribution in [0.2, 0.25) is 0 Å². The molecular weight excluding hydrogens is 576 g/mol. The predicted molar refractivity (Wildman–Crippen MR) is 169 cm³/mol. The molecule has 9 heteroatoms. The number of carboxylic acids is 1. The molecule has 0 aliphatic heterocycles. The zero-order valence-corrected chi connectivity index (χ0v) is 27.0. The normalized spacial score (nSPS) is 15.4. The minimum absolute atomic E-state index is 0.00350. The fraction of sp³-hybridized carbons (Fsp3) is 0.444. The minimum atomic E-state index is -1.14. The summed E-state index contributed by atoms with van der Waals surface area (Å²) in [4.78, 5) is 25.1. The Bertz CT molecular complexity index is 1480. The summed E-state index contributed by atoms with van der Waals surface area (Å²) in [6, 6.07) is 18.1. The summed E-state index contributed by atoms with van der Waals surface area (Å²) in [7, 11) is 3.12. The van der Waals surface area contributed by atoms with Gasteiger partial charge in [0.1, 0.15) is 29.4 Å². The maximum absolute atomic E-state index is 13.3. The van der Waals surface area contributed by atoms with Crippen molar-refractivity contribution in [3.63, 3.8) is 0 Å². The molecule has 0 amide bonds. The van der Waals surface area contributed by atoms with E-state index in [0.29, 0.717) is 24.7 Å². The molecule has 1 aliphatic rings. The second kappa shape index (κ2) is 14.8. The van der Waals surface area contributed by atoms with Crippen LogP contribution in [0.15, 0.2) is 60.7 Å². The highest BCUT2D eigenvalue weighted by Crippen LogP contribution is 2.46. The van der Waals surface area contributed by atoms with Crippen molar-refractivity contribution in [3.8, 4) is 17.2 Å². The van der Waals surface area contributed by atoms with Crippen LogP contribution >= 0.6 is 0 Å². The Labute approximate surface area is 265 Å². The minimum Gasteiger partial charge on any atom is -0.496 e. The second-order valence-electron chi connectivity index (χ2n) is 12.5. The largest absolute Gasteiger partial charge is 0.496 e. The maximum Gasteiger partial charge on any atom is 0.339 e. The van der Waals surface area contributed by atoms with E-state index in [2.05, 4.69) is 39.8 Å². The van der Waals surface area contributed by atoms with Gasteiger partial charge in [-0.15, -0.1) is 0 Å². The zero-order chi connectivity index (χ0) is 32.6. The molecule has 242 valence electrons. The van der Waals surface area contributed by atoms with Gasteiger partial charge in [-0.05, 0) is 58.6 Å². The summed E-state index contributed by atoms with van der Waals surface area (Å²) in [5.41, 5.74) is 4.02. The lowest BCUT2D eigenvalue weighted by molar-refractivity contribution is -0.150. The van der Waals surface area contributed by atoms with Crippen molar-refractivity contribution in [1.29, 1.82) is 0 Å². The number of para-hydroxylation sites is 1. The number of carbonyl (C=O) groups excluding carboxylic acids is 1. The summed E-state index contributed by atoms with van der Waals surface area (Å²) in [5.74, 6) is -0.505. The Morgan fingerprint density at radius 1 is 0.844 bits per heavy atom. The Morgan fingerprint density at radius 2 is 1.58 bits per heavy atom. The second-order valence-corrected chi connectivity index (χ2v) is 12.5. The van der Waals surface area contributed by atoms with Crippen molar-refractivity contribution in [1.82, 2.24) is 0 Å². The average molecular weight is 621 g/mol.